The van der Waals surface area contributed by atoms with Crippen LogP contribution >= 0.6 is 0 Å². The molecule has 0 spiro atoms. The Balaban J connectivity index is 2.17. The van der Waals surface area contributed by atoms with Crippen molar-refractivity contribution in [1.82, 2.24) is 0 Å². The molecule has 0 aromatic heterocycles. The fourth-order valence-electron chi connectivity index (χ4n) is 4.68. The molecule has 8 heteroatoms. The lowest BCUT2D eigenvalue weighted by atomic mass is 10.0. The lowest BCUT2D eigenvalue weighted by Crippen LogP contribution is -2.70. The molecule has 0 aliphatic carbocycles. The van der Waals surface area contributed by atoms with Gasteiger partial charge in [-0.3, -0.25) is 0 Å². The first-order valence-electron chi connectivity index (χ1n) is 12.1. The summed E-state index contributed by atoms with van der Waals surface area (Å²) in [6.07, 6.45) is -5.18. The van der Waals surface area contributed by atoms with Gasteiger partial charge in [0.2, 0.25) is 0 Å². The Morgan fingerprint density at radius 3 is 1.97 bits per heavy atom. The summed E-state index contributed by atoms with van der Waals surface area (Å²) in [4.78, 5) is 12.4. The fourth-order valence-corrected chi connectivity index (χ4v) is 9.40. The van der Waals surface area contributed by atoms with Gasteiger partial charge in [0, 0.05) is 0 Å². The number of esters is 1. The van der Waals surface area contributed by atoms with Crippen LogP contribution in [0.1, 0.15) is 41.5 Å². The summed E-state index contributed by atoms with van der Waals surface area (Å²) in [6, 6.07) is 19.9. The third-order valence-corrected chi connectivity index (χ3v) is 11.3. The maximum absolute atomic E-state index is 12.4. The molecule has 2 N–H and O–H groups in total. The summed E-state index contributed by atoms with van der Waals surface area (Å²) in [5.41, 5.74) is 0. The number of aliphatic hydroxyl groups is 2. The summed E-state index contributed by atoms with van der Waals surface area (Å²) in [5, 5.41) is 23.7. The molecule has 7 nitrogen and oxygen atoms in total. The summed E-state index contributed by atoms with van der Waals surface area (Å²) in [7, 11) is -3.15. The number of carbonyl (C=O) groups excluding carboxylic acids is 1. The van der Waals surface area contributed by atoms with Crippen LogP contribution in [0.4, 0.5) is 0 Å². The Hall–Kier alpha value is -2.07. The fraction of sp³-hybridized carbons (Fsp3) is 0.519. The summed E-state index contributed by atoms with van der Waals surface area (Å²) in [5.74, 6) is -1.80. The zero-order chi connectivity index (χ0) is 25.9. The van der Waals surface area contributed by atoms with Gasteiger partial charge >= 0.3 is 5.97 Å². The van der Waals surface area contributed by atoms with E-state index in [1.807, 2.05) is 60.7 Å². The van der Waals surface area contributed by atoms with Gasteiger partial charge in [-0.25, -0.2) is 4.79 Å². The number of benzene rings is 2. The van der Waals surface area contributed by atoms with E-state index in [0.717, 1.165) is 10.4 Å². The molecule has 3 rings (SSSR count). The van der Waals surface area contributed by atoms with E-state index in [1.54, 1.807) is 20.8 Å². The monoisotopic (exact) mass is 502 g/mol. The molecule has 0 bridgehead atoms. The van der Waals surface area contributed by atoms with Crippen molar-refractivity contribution in [3.63, 3.8) is 0 Å². The quantitative estimate of drug-likeness (QED) is 0.402. The van der Waals surface area contributed by atoms with Gasteiger partial charge in [-0.15, -0.1) is 0 Å². The largest absolute Gasteiger partial charge is 0.464 e. The standard InChI is InChI=1S/C27H38O7Si/c1-7-31-25(30)23(29)22(28)24(21-18-32-27(5,6)33-21)34-35(26(2,3)4,19-14-10-8-11-15-19)20-16-12-9-13-17-20/h8-17,21-24,28-29H,7,18H2,1-6H3/t21-,22-,23-,24+/m0/s1. The summed E-state index contributed by atoms with van der Waals surface area (Å²) >= 11 is 0. The first-order valence-corrected chi connectivity index (χ1v) is 14.0. The predicted molar refractivity (Wildman–Crippen MR) is 136 cm³/mol. The van der Waals surface area contributed by atoms with Gasteiger partial charge in [-0.05, 0) is 36.2 Å². The van der Waals surface area contributed by atoms with E-state index in [1.165, 1.54) is 0 Å². The molecule has 0 saturated carbocycles. The topological polar surface area (TPSA) is 94.5 Å². The van der Waals surface area contributed by atoms with Crippen molar-refractivity contribution in [2.45, 2.75) is 76.8 Å². The molecule has 0 unspecified atom stereocenters. The number of hydrogen-bond acceptors (Lipinski definition) is 7. The summed E-state index contributed by atoms with van der Waals surface area (Å²) < 4.78 is 24.0. The Morgan fingerprint density at radius 1 is 1.06 bits per heavy atom. The molecule has 0 radical (unpaired) electrons. The lowest BCUT2D eigenvalue weighted by Gasteiger charge is -2.47. The minimum atomic E-state index is -3.15. The third kappa shape index (κ3) is 5.85. The van der Waals surface area contributed by atoms with E-state index in [9.17, 15) is 15.0 Å². The van der Waals surface area contributed by atoms with Gasteiger partial charge in [-0.1, -0.05) is 81.4 Å². The maximum Gasteiger partial charge on any atom is 0.337 e. The zero-order valence-electron chi connectivity index (χ0n) is 21.4. The zero-order valence-corrected chi connectivity index (χ0v) is 22.4. The molecule has 1 aliphatic rings. The Morgan fingerprint density at radius 2 is 1.57 bits per heavy atom. The molecule has 1 heterocycles. The Labute approximate surface area is 209 Å². The predicted octanol–water partition coefficient (Wildman–Crippen LogP) is 2.37. The van der Waals surface area contributed by atoms with Crippen molar-refractivity contribution >= 4 is 24.7 Å². The number of carbonyl (C=O) groups is 1. The van der Waals surface area contributed by atoms with Crippen LogP contribution < -0.4 is 10.4 Å². The van der Waals surface area contributed by atoms with Gasteiger partial charge < -0.3 is 28.8 Å². The van der Waals surface area contributed by atoms with Crippen molar-refractivity contribution < 1.29 is 33.6 Å². The Kier molecular flexibility index (Phi) is 8.57. The SMILES string of the molecule is CCOC(=O)[C@@H](O)[C@H](O)[C@H](O[Si](c1ccccc1)(c1ccccc1)C(C)(C)C)[C@@H]1COC(C)(C)O1. The van der Waals surface area contributed by atoms with Gasteiger partial charge in [0.15, 0.2) is 11.9 Å². The molecule has 1 saturated heterocycles. The van der Waals surface area contributed by atoms with E-state index < -0.39 is 49.5 Å². The maximum atomic E-state index is 12.4. The van der Waals surface area contributed by atoms with E-state index in [0.29, 0.717) is 0 Å². The second-order valence-electron chi connectivity index (χ2n) is 10.3. The van der Waals surface area contributed by atoms with Crippen molar-refractivity contribution in [3.8, 4) is 0 Å². The van der Waals surface area contributed by atoms with Crippen LogP contribution in [0.3, 0.4) is 0 Å². The molecule has 192 valence electrons. The van der Waals surface area contributed by atoms with E-state index in [4.69, 9.17) is 18.6 Å². The lowest BCUT2D eigenvalue weighted by molar-refractivity contribution is -0.177. The van der Waals surface area contributed by atoms with Gasteiger partial charge in [0.05, 0.1) is 13.2 Å². The Bertz CT molecular complexity index is 919. The van der Waals surface area contributed by atoms with Gasteiger partial charge in [0.25, 0.3) is 8.32 Å². The van der Waals surface area contributed by atoms with Crippen LogP contribution in [0.25, 0.3) is 0 Å². The smallest absolute Gasteiger partial charge is 0.337 e. The van der Waals surface area contributed by atoms with Crippen molar-refractivity contribution in [3.05, 3.63) is 60.7 Å². The first kappa shape index (κ1) is 27.5. The minimum Gasteiger partial charge on any atom is -0.464 e. The highest BCUT2D eigenvalue weighted by Crippen LogP contribution is 2.39. The van der Waals surface area contributed by atoms with Crippen LogP contribution in [-0.4, -0.2) is 67.9 Å². The molecule has 4 atom stereocenters. The molecular formula is C27H38O7Si. The van der Waals surface area contributed by atoms with Crippen LogP contribution in [0, 0.1) is 0 Å². The van der Waals surface area contributed by atoms with Crippen molar-refractivity contribution in [2.24, 2.45) is 0 Å². The van der Waals surface area contributed by atoms with Crippen LogP contribution in [0.15, 0.2) is 60.7 Å². The summed E-state index contributed by atoms with van der Waals surface area (Å²) in [6.45, 7) is 11.8. The van der Waals surface area contributed by atoms with Crippen molar-refractivity contribution in [2.75, 3.05) is 13.2 Å². The average molecular weight is 503 g/mol. The van der Waals surface area contributed by atoms with Gasteiger partial charge in [0.1, 0.15) is 18.3 Å². The number of hydrogen-bond donors (Lipinski definition) is 2. The average Bonchev–Trinajstić information content (AvgIpc) is 3.18. The van der Waals surface area contributed by atoms with E-state index in [2.05, 4.69) is 20.8 Å². The highest BCUT2D eigenvalue weighted by molar-refractivity contribution is 6.99. The highest BCUT2D eigenvalue weighted by Gasteiger charge is 2.55. The molecule has 35 heavy (non-hydrogen) atoms. The molecule has 2 aromatic rings. The number of aliphatic hydroxyl groups excluding tert-OH is 2. The van der Waals surface area contributed by atoms with Crippen LogP contribution in [0.2, 0.25) is 5.04 Å². The van der Waals surface area contributed by atoms with Crippen LogP contribution in [0.5, 0.6) is 0 Å². The minimum absolute atomic E-state index is 0.0823. The highest BCUT2D eigenvalue weighted by atomic mass is 28.4. The molecule has 1 fully saturated rings. The van der Waals surface area contributed by atoms with E-state index in [-0.39, 0.29) is 13.2 Å². The van der Waals surface area contributed by atoms with Crippen molar-refractivity contribution in [1.29, 1.82) is 0 Å². The second kappa shape index (κ2) is 10.9. The molecule has 1 aliphatic heterocycles. The van der Waals surface area contributed by atoms with Gasteiger partial charge in [-0.2, -0.15) is 0 Å². The molecular weight excluding hydrogens is 464 g/mol. The third-order valence-electron chi connectivity index (χ3n) is 6.31. The van der Waals surface area contributed by atoms with E-state index >= 15 is 0 Å². The molecule has 2 aromatic carbocycles. The second-order valence-corrected chi connectivity index (χ2v) is 14.6. The number of rotatable bonds is 9. The van der Waals surface area contributed by atoms with Crippen LogP contribution in [-0.2, 0) is 23.4 Å². The normalized spacial score (nSPS) is 20.7. The number of ether oxygens (including phenoxy) is 3. The molecule has 0 amide bonds. The first-order chi connectivity index (χ1) is 16.4.